The third-order valence-corrected chi connectivity index (χ3v) is 2.55. The van der Waals surface area contributed by atoms with Gasteiger partial charge < -0.3 is 20.7 Å². The Hall–Kier alpha value is -0.520. The number of hydrogen-bond donors (Lipinski definition) is 2. The minimum absolute atomic E-state index is 0. The molecule has 0 atom stereocenters. The van der Waals surface area contributed by atoms with E-state index in [2.05, 4.69) is 11.1 Å². The molecule has 18 heavy (non-hydrogen) atoms. The van der Waals surface area contributed by atoms with Gasteiger partial charge in [0.15, 0.2) is 0 Å². The molecule has 0 aromatic heterocycles. The van der Waals surface area contributed by atoms with E-state index >= 15 is 0 Å². The first-order valence-electron chi connectivity index (χ1n) is 6.15. The summed E-state index contributed by atoms with van der Waals surface area (Å²) < 4.78 is 5.31. The summed E-state index contributed by atoms with van der Waals surface area (Å²) in [6.45, 7) is 7.27. The molecule has 0 spiro atoms. The van der Waals surface area contributed by atoms with Crippen molar-refractivity contribution >= 4 is 18.5 Å². The Morgan fingerprint density at radius 2 is 1.72 bits per heavy atom. The molecule has 0 unspecified atom stereocenters. The van der Waals surface area contributed by atoms with Crippen LogP contribution in [0.5, 0.6) is 0 Å². The molecular formula is C12H28ClN3O2. The maximum absolute atomic E-state index is 11.7. The van der Waals surface area contributed by atoms with Crippen molar-refractivity contribution in [2.45, 2.75) is 45.3 Å². The number of nitrogens with two attached hydrogens (primary N) is 1. The van der Waals surface area contributed by atoms with Gasteiger partial charge in [-0.15, -0.1) is 12.4 Å². The minimum atomic E-state index is -0.392. The predicted molar refractivity (Wildman–Crippen MR) is 77.2 cm³/mol. The molecule has 1 aliphatic heterocycles. The summed E-state index contributed by atoms with van der Waals surface area (Å²) in [6, 6.07) is 0.545. The lowest BCUT2D eigenvalue weighted by Gasteiger charge is -2.33. The van der Waals surface area contributed by atoms with Gasteiger partial charge >= 0.3 is 6.09 Å². The van der Waals surface area contributed by atoms with Crippen LogP contribution >= 0.6 is 12.4 Å². The van der Waals surface area contributed by atoms with Crippen LogP contribution in [-0.2, 0) is 4.74 Å². The summed E-state index contributed by atoms with van der Waals surface area (Å²) in [5, 5.41) is 3.23. The second kappa shape index (κ2) is 9.42. The van der Waals surface area contributed by atoms with Crippen LogP contribution in [0.1, 0.15) is 33.6 Å². The molecule has 1 rings (SSSR count). The number of piperidine rings is 1. The molecule has 0 saturated carbocycles. The molecule has 0 aromatic rings. The Morgan fingerprint density at radius 3 is 2.06 bits per heavy atom. The Labute approximate surface area is 117 Å². The molecule has 0 radical (unpaired) electrons. The number of hydrogen-bond acceptors (Lipinski definition) is 4. The van der Waals surface area contributed by atoms with Crippen LogP contribution in [0.3, 0.4) is 0 Å². The van der Waals surface area contributed by atoms with Gasteiger partial charge in [0.05, 0.1) is 0 Å². The van der Waals surface area contributed by atoms with E-state index in [9.17, 15) is 4.79 Å². The topological polar surface area (TPSA) is 67.6 Å². The van der Waals surface area contributed by atoms with Crippen LogP contribution in [0.4, 0.5) is 4.79 Å². The SMILES string of the molecule is CN.CNC1CCN(C(=O)OC(C)(C)C)CC1.Cl. The lowest BCUT2D eigenvalue weighted by Crippen LogP contribution is -2.45. The molecule has 1 fully saturated rings. The number of nitrogens with zero attached hydrogens (tertiary/aromatic N) is 1. The van der Waals surface area contributed by atoms with Gasteiger partial charge in [-0.05, 0) is 47.7 Å². The number of ether oxygens (including phenoxy) is 1. The molecule has 0 bridgehead atoms. The van der Waals surface area contributed by atoms with Crippen LogP contribution in [-0.4, -0.2) is 49.8 Å². The normalized spacial score (nSPS) is 16.2. The molecule has 1 saturated heterocycles. The average molecular weight is 282 g/mol. The number of nitrogens with one attached hydrogen (secondary N) is 1. The van der Waals surface area contributed by atoms with Crippen LogP contribution in [0.25, 0.3) is 0 Å². The number of carbonyl (C=O) groups is 1. The van der Waals surface area contributed by atoms with Crippen molar-refractivity contribution in [2.75, 3.05) is 27.2 Å². The van der Waals surface area contributed by atoms with Crippen molar-refractivity contribution in [3.05, 3.63) is 0 Å². The second-order valence-corrected chi connectivity index (χ2v) is 5.03. The number of halogens is 1. The molecule has 0 aromatic carbocycles. The molecule has 1 aliphatic rings. The highest BCUT2D eigenvalue weighted by Gasteiger charge is 2.25. The van der Waals surface area contributed by atoms with Crippen LogP contribution < -0.4 is 11.1 Å². The van der Waals surface area contributed by atoms with E-state index in [1.165, 1.54) is 7.05 Å². The number of amides is 1. The van der Waals surface area contributed by atoms with Crippen molar-refractivity contribution in [3.63, 3.8) is 0 Å². The molecule has 3 N–H and O–H groups in total. The summed E-state index contributed by atoms with van der Waals surface area (Å²) in [5.74, 6) is 0. The van der Waals surface area contributed by atoms with E-state index in [1.807, 2.05) is 27.8 Å². The summed E-state index contributed by atoms with van der Waals surface area (Å²) >= 11 is 0. The van der Waals surface area contributed by atoms with Gasteiger partial charge in [0.1, 0.15) is 5.60 Å². The third kappa shape index (κ3) is 7.74. The van der Waals surface area contributed by atoms with Crippen molar-refractivity contribution in [1.29, 1.82) is 0 Å². The van der Waals surface area contributed by atoms with Crippen LogP contribution in [0, 0.1) is 0 Å². The van der Waals surface area contributed by atoms with Gasteiger partial charge in [-0.3, -0.25) is 0 Å². The fourth-order valence-corrected chi connectivity index (χ4v) is 1.68. The fourth-order valence-electron chi connectivity index (χ4n) is 1.68. The Morgan fingerprint density at radius 1 is 1.28 bits per heavy atom. The van der Waals surface area contributed by atoms with E-state index in [4.69, 9.17) is 4.74 Å². The molecular weight excluding hydrogens is 254 g/mol. The van der Waals surface area contributed by atoms with E-state index in [0.29, 0.717) is 6.04 Å². The Bertz CT molecular complexity index is 224. The van der Waals surface area contributed by atoms with Crippen LogP contribution in [0.15, 0.2) is 0 Å². The number of rotatable bonds is 1. The van der Waals surface area contributed by atoms with Crippen molar-refractivity contribution in [2.24, 2.45) is 5.73 Å². The third-order valence-electron chi connectivity index (χ3n) is 2.55. The first kappa shape index (κ1) is 19.8. The van der Waals surface area contributed by atoms with Crippen molar-refractivity contribution < 1.29 is 9.53 Å². The quantitative estimate of drug-likeness (QED) is 0.766. The first-order valence-corrected chi connectivity index (χ1v) is 6.15. The minimum Gasteiger partial charge on any atom is -0.444 e. The predicted octanol–water partition coefficient (Wildman–Crippen LogP) is 1.60. The lowest BCUT2D eigenvalue weighted by atomic mass is 10.1. The standard InChI is InChI=1S/C11H22N2O2.CH5N.ClH/c1-11(2,3)15-10(14)13-7-5-9(12-4)6-8-13;1-2;/h9,12H,5-8H2,1-4H3;2H2,1H3;1H. The Balaban J connectivity index is 0. The molecule has 5 nitrogen and oxygen atoms in total. The maximum atomic E-state index is 11.7. The second-order valence-electron chi connectivity index (χ2n) is 5.03. The average Bonchev–Trinajstić information content (AvgIpc) is 2.29. The summed E-state index contributed by atoms with van der Waals surface area (Å²) in [4.78, 5) is 13.5. The van der Waals surface area contributed by atoms with Gasteiger partial charge in [0.25, 0.3) is 0 Å². The zero-order valence-corrected chi connectivity index (χ0v) is 13.0. The van der Waals surface area contributed by atoms with Gasteiger partial charge in [0.2, 0.25) is 0 Å². The van der Waals surface area contributed by atoms with Crippen molar-refractivity contribution in [3.8, 4) is 0 Å². The summed E-state index contributed by atoms with van der Waals surface area (Å²) in [6.07, 6.45) is 1.84. The van der Waals surface area contributed by atoms with Gasteiger partial charge in [-0.25, -0.2) is 4.79 Å². The van der Waals surface area contributed by atoms with E-state index in [-0.39, 0.29) is 18.5 Å². The molecule has 0 aliphatic carbocycles. The highest BCUT2D eigenvalue weighted by atomic mass is 35.5. The van der Waals surface area contributed by atoms with E-state index < -0.39 is 5.60 Å². The lowest BCUT2D eigenvalue weighted by molar-refractivity contribution is 0.0200. The highest BCUT2D eigenvalue weighted by Crippen LogP contribution is 2.14. The first-order chi connectivity index (χ1) is 7.92. The van der Waals surface area contributed by atoms with Gasteiger partial charge in [-0.1, -0.05) is 0 Å². The number of likely N-dealkylation sites (tertiary alicyclic amines) is 1. The zero-order chi connectivity index (χ0) is 13.5. The monoisotopic (exact) mass is 281 g/mol. The van der Waals surface area contributed by atoms with Gasteiger partial charge in [0, 0.05) is 19.1 Å². The number of carbonyl (C=O) groups excluding carboxylic acids is 1. The highest BCUT2D eigenvalue weighted by molar-refractivity contribution is 5.85. The molecule has 1 heterocycles. The van der Waals surface area contributed by atoms with Crippen LogP contribution in [0.2, 0.25) is 0 Å². The van der Waals surface area contributed by atoms with Gasteiger partial charge in [-0.2, -0.15) is 0 Å². The van der Waals surface area contributed by atoms with Crippen molar-refractivity contribution in [1.82, 2.24) is 10.2 Å². The fraction of sp³-hybridized carbons (Fsp3) is 0.917. The zero-order valence-electron chi connectivity index (χ0n) is 12.2. The Kier molecular flexibility index (Phi) is 10.4. The molecule has 1 amide bonds. The smallest absolute Gasteiger partial charge is 0.410 e. The van der Waals surface area contributed by atoms with E-state index in [1.54, 1.807) is 4.90 Å². The summed E-state index contributed by atoms with van der Waals surface area (Å²) in [5.41, 5.74) is 4.11. The summed E-state index contributed by atoms with van der Waals surface area (Å²) in [7, 11) is 3.47. The van der Waals surface area contributed by atoms with E-state index in [0.717, 1.165) is 25.9 Å². The largest absolute Gasteiger partial charge is 0.444 e. The molecule has 6 heteroatoms. The maximum Gasteiger partial charge on any atom is 0.410 e. The molecule has 110 valence electrons.